The summed E-state index contributed by atoms with van der Waals surface area (Å²) in [5.41, 5.74) is 21.4. The minimum Gasteiger partial charge on any atom is -0.457 e. The van der Waals surface area contributed by atoms with Crippen LogP contribution in [-0.4, -0.2) is 0 Å². The van der Waals surface area contributed by atoms with Crippen molar-refractivity contribution in [3.05, 3.63) is 305 Å². The molecule has 332 valence electrons. The van der Waals surface area contributed by atoms with Crippen molar-refractivity contribution in [2.24, 2.45) is 0 Å². The van der Waals surface area contributed by atoms with E-state index in [1.54, 1.807) is 0 Å². The van der Waals surface area contributed by atoms with E-state index < -0.39 is 10.8 Å². The van der Waals surface area contributed by atoms with E-state index >= 15 is 0 Å². The SMILES string of the molecule is c1ccc(-c2ccc(N(c3cccc(-c4ccc5c(c4)-c4ccccc4C54c5ccccc5Oc5ccccc54)c3)c3cccc4c3-c3ccccc3C43c4ccccc4Oc4ccccc43)cc2)cc1. The summed E-state index contributed by atoms with van der Waals surface area (Å²) < 4.78 is 13.3. The number of fused-ring (bicyclic) bond motifs is 18. The molecule has 2 aliphatic carbocycles. The second kappa shape index (κ2) is 15.2. The van der Waals surface area contributed by atoms with Crippen LogP contribution in [0.4, 0.5) is 17.1 Å². The van der Waals surface area contributed by atoms with Gasteiger partial charge in [-0.05, 0) is 122 Å². The maximum atomic E-state index is 6.71. The summed E-state index contributed by atoms with van der Waals surface area (Å²) in [5, 5.41) is 0. The summed E-state index contributed by atoms with van der Waals surface area (Å²) in [4.78, 5) is 2.47. The summed E-state index contributed by atoms with van der Waals surface area (Å²) >= 11 is 0. The first kappa shape index (κ1) is 39.8. The molecule has 2 aliphatic heterocycles. The number of benzene rings is 11. The van der Waals surface area contributed by atoms with Crippen LogP contribution in [0.3, 0.4) is 0 Å². The first-order valence-electron chi connectivity index (χ1n) is 24.5. The van der Waals surface area contributed by atoms with Gasteiger partial charge in [-0.1, -0.05) is 200 Å². The minimum absolute atomic E-state index is 0.521. The molecule has 2 heterocycles. The maximum Gasteiger partial charge on any atom is 0.132 e. The van der Waals surface area contributed by atoms with Gasteiger partial charge >= 0.3 is 0 Å². The van der Waals surface area contributed by atoms with Gasteiger partial charge in [0.15, 0.2) is 0 Å². The zero-order valence-electron chi connectivity index (χ0n) is 38.6. The zero-order chi connectivity index (χ0) is 46.7. The van der Waals surface area contributed by atoms with Crippen LogP contribution >= 0.6 is 0 Å². The predicted octanol–water partition coefficient (Wildman–Crippen LogP) is 17.4. The third kappa shape index (κ3) is 5.49. The van der Waals surface area contributed by atoms with E-state index in [2.05, 4.69) is 266 Å². The van der Waals surface area contributed by atoms with Crippen molar-refractivity contribution in [2.45, 2.75) is 10.8 Å². The first-order valence-corrected chi connectivity index (χ1v) is 24.5. The van der Waals surface area contributed by atoms with Gasteiger partial charge in [0.25, 0.3) is 0 Å². The van der Waals surface area contributed by atoms with Crippen molar-refractivity contribution in [1.82, 2.24) is 0 Å². The summed E-state index contributed by atoms with van der Waals surface area (Å²) in [6.45, 7) is 0. The molecule has 0 radical (unpaired) electrons. The van der Waals surface area contributed by atoms with Gasteiger partial charge in [0.2, 0.25) is 0 Å². The normalized spacial score (nSPS) is 14.1. The molecular formula is C68H43NO2. The van der Waals surface area contributed by atoms with Crippen LogP contribution in [0.5, 0.6) is 23.0 Å². The third-order valence-corrected chi connectivity index (χ3v) is 15.6. The Morgan fingerprint density at radius 3 is 1.30 bits per heavy atom. The molecule has 4 aliphatic rings. The molecule has 3 nitrogen and oxygen atoms in total. The molecule has 0 saturated heterocycles. The van der Waals surface area contributed by atoms with Crippen LogP contribution < -0.4 is 14.4 Å². The van der Waals surface area contributed by atoms with E-state index in [-0.39, 0.29) is 0 Å². The number of anilines is 3. The average Bonchev–Trinajstić information content (AvgIpc) is 3.90. The van der Waals surface area contributed by atoms with Crippen LogP contribution in [0.15, 0.2) is 261 Å². The molecule has 2 spiro atoms. The topological polar surface area (TPSA) is 21.7 Å². The van der Waals surface area contributed by atoms with E-state index in [4.69, 9.17) is 9.47 Å². The molecule has 15 rings (SSSR count). The van der Waals surface area contributed by atoms with Crippen molar-refractivity contribution >= 4 is 17.1 Å². The van der Waals surface area contributed by atoms with Crippen LogP contribution in [-0.2, 0) is 10.8 Å². The molecule has 0 N–H and O–H groups in total. The van der Waals surface area contributed by atoms with Crippen LogP contribution in [0, 0.1) is 0 Å². The summed E-state index contributed by atoms with van der Waals surface area (Å²) in [6, 6.07) is 95.1. The molecule has 0 saturated carbocycles. The third-order valence-electron chi connectivity index (χ3n) is 15.6. The first-order chi connectivity index (χ1) is 35.2. The predicted molar refractivity (Wildman–Crippen MR) is 287 cm³/mol. The lowest BCUT2D eigenvalue weighted by atomic mass is 9.66. The average molecular weight is 906 g/mol. The molecule has 71 heavy (non-hydrogen) atoms. The fourth-order valence-electron chi connectivity index (χ4n) is 12.8. The Morgan fingerprint density at radius 1 is 0.254 bits per heavy atom. The monoisotopic (exact) mass is 905 g/mol. The van der Waals surface area contributed by atoms with Gasteiger partial charge in [-0.25, -0.2) is 0 Å². The molecule has 0 fully saturated rings. The number of ether oxygens (including phenoxy) is 2. The van der Waals surface area contributed by atoms with Gasteiger partial charge in [-0.2, -0.15) is 0 Å². The van der Waals surface area contributed by atoms with Crippen LogP contribution in [0.25, 0.3) is 44.5 Å². The standard InChI is InChI=1S/C68H43NO2/c1-2-18-44(19-3-1)45-36-39-48(40-37-45)69(61-31-17-30-60-66(61)51-23-5-7-25-54(51)68(60)58-28-10-14-34-64(58)71-65-35-15-11-29-59(65)68)49-21-16-20-46(42-49)47-38-41-55-52(43-47)50-22-4-6-24-53(50)67(55)56-26-8-12-32-62(56)70-63-33-13-9-27-57(63)67/h1-43H. The smallest absolute Gasteiger partial charge is 0.132 e. The number of nitrogens with zero attached hydrogens (tertiary/aromatic N) is 1. The second-order valence-electron chi connectivity index (χ2n) is 19.0. The second-order valence-corrected chi connectivity index (χ2v) is 19.0. The fourth-order valence-corrected chi connectivity index (χ4v) is 12.8. The Morgan fingerprint density at radius 2 is 0.676 bits per heavy atom. The highest BCUT2D eigenvalue weighted by molar-refractivity contribution is 5.99. The maximum absolute atomic E-state index is 6.71. The van der Waals surface area contributed by atoms with E-state index in [1.165, 1.54) is 66.8 Å². The van der Waals surface area contributed by atoms with Crippen molar-refractivity contribution in [1.29, 1.82) is 0 Å². The molecule has 0 aromatic heterocycles. The summed E-state index contributed by atoms with van der Waals surface area (Å²) in [6.07, 6.45) is 0. The Hall–Kier alpha value is -9.18. The lowest BCUT2D eigenvalue weighted by molar-refractivity contribution is 0.436. The summed E-state index contributed by atoms with van der Waals surface area (Å²) in [7, 11) is 0. The van der Waals surface area contributed by atoms with Crippen molar-refractivity contribution in [3.63, 3.8) is 0 Å². The van der Waals surface area contributed by atoms with Gasteiger partial charge in [-0.3, -0.25) is 0 Å². The highest BCUT2D eigenvalue weighted by atomic mass is 16.5. The quantitative estimate of drug-likeness (QED) is 0.172. The highest BCUT2D eigenvalue weighted by Crippen LogP contribution is 2.65. The van der Waals surface area contributed by atoms with Crippen molar-refractivity contribution in [2.75, 3.05) is 4.90 Å². The summed E-state index contributed by atoms with van der Waals surface area (Å²) in [5.74, 6) is 3.56. The molecule has 0 atom stereocenters. The molecule has 0 unspecified atom stereocenters. The largest absolute Gasteiger partial charge is 0.457 e. The minimum atomic E-state index is -0.596. The van der Waals surface area contributed by atoms with Crippen molar-refractivity contribution < 1.29 is 9.47 Å². The van der Waals surface area contributed by atoms with E-state index in [9.17, 15) is 0 Å². The molecule has 0 bridgehead atoms. The molecular weight excluding hydrogens is 863 g/mol. The van der Waals surface area contributed by atoms with Crippen LogP contribution in [0.1, 0.15) is 44.5 Å². The van der Waals surface area contributed by atoms with Gasteiger partial charge in [-0.15, -0.1) is 0 Å². The lowest BCUT2D eigenvalue weighted by Gasteiger charge is -2.39. The van der Waals surface area contributed by atoms with E-state index in [0.717, 1.165) is 62.3 Å². The van der Waals surface area contributed by atoms with Gasteiger partial charge < -0.3 is 14.4 Å². The fraction of sp³-hybridized carbons (Fsp3) is 0.0294. The Labute approximate surface area is 413 Å². The highest BCUT2D eigenvalue weighted by Gasteiger charge is 2.53. The Kier molecular flexibility index (Phi) is 8.49. The Balaban J connectivity index is 0.938. The molecule has 3 heteroatoms. The van der Waals surface area contributed by atoms with Crippen LogP contribution in [0.2, 0.25) is 0 Å². The number of hydrogen-bond acceptors (Lipinski definition) is 3. The lowest BCUT2D eigenvalue weighted by Crippen LogP contribution is -2.32. The Bertz CT molecular complexity index is 3870. The van der Waals surface area contributed by atoms with Gasteiger partial charge in [0.05, 0.1) is 16.5 Å². The molecule has 11 aromatic carbocycles. The molecule has 0 amide bonds. The van der Waals surface area contributed by atoms with Gasteiger partial charge in [0.1, 0.15) is 23.0 Å². The van der Waals surface area contributed by atoms with Crippen molar-refractivity contribution in [3.8, 4) is 67.5 Å². The van der Waals surface area contributed by atoms with Gasteiger partial charge in [0, 0.05) is 39.2 Å². The van der Waals surface area contributed by atoms with E-state index in [0.29, 0.717) is 0 Å². The number of rotatable bonds is 5. The number of hydrogen-bond donors (Lipinski definition) is 0. The molecule has 11 aromatic rings. The zero-order valence-corrected chi connectivity index (χ0v) is 38.6. The number of para-hydroxylation sites is 4. The van der Waals surface area contributed by atoms with E-state index in [1.807, 2.05) is 0 Å².